The number of carbonyl (C=O) groups is 1. The van der Waals surface area contributed by atoms with Crippen LogP contribution in [0.2, 0.25) is 0 Å². The molecule has 1 atom stereocenters. The van der Waals surface area contributed by atoms with Gasteiger partial charge in [-0.1, -0.05) is 6.42 Å². The number of carbonyl (C=O) groups excluding carboxylic acids is 1. The van der Waals surface area contributed by atoms with Crippen molar-refractivity contribution in [3.05, 3.63) is 0 Å². The standard InChI is InChI=1S/C13H23NO3/c14-10-13(5-3-6-13)8-12(15)17-9-11-4-1-2-7-16-11/h11H,1-10,14H2. The van der Waals surface area contributed by atoms with Crippen LogP contribution in [0, 0.1) is 5.41 Å². The number of esters is 1. The lowest BCUT2D eigenvalue weighted by Gasteiger charge is -2.40. The van der Waals surface area contributed by atoms with E-state index in [2.05, 4.69) is 0 Å². The predicted octanol–water partition coefficient (Wildman–Crippen LogP) is 1.62. The summed E-state index contributed by atoms with van der Waals surface area (Å²) in [6, 6.07) is 0. The Hall–Kier alpha value is -0.610. The minimum absolute atomic E-state index is 0.0461. The van der Waals surface area contributed by atoms with Crippen LogP contribution in [0.4, 0.5) is 0 Å². The van der Waals surface area contributed by atoms with Crippen molar-refractivity contribution in [2.75, 3.05) is 19.8 Å². The predicted molar refractivity (Wildman–Crippen MR) is 64.5 cm³/mol. The van der Waals surface area contributed by atoms with Crippen LogP contribution in [0.5, 0.6) is 0 Å². The van der Waals surface area contributed by atoms with Crippen LogP contribution in [-0.4, -0.2) is 31.8 Å². The molecule has 98 valence electrons. The van der Waals surface area contributed by atoms with Crippen molar-refractivity contribution in [2.45, 2.75) is 51.0 Å². The van der Waals surface area contributed by atoms with Crippen molar-refractivity contribution in [2.24, 2.45) is 11.1 Å². The van der Waals surface area contributed by atoms with E-state index >= 15 is 0 Å². The first-order valence-electron chi connectivity index (χ1n) is 6.71. The molecule has 0 aromatic heterocycles. The topological polar surface area (TPSA) is 61.6 Å². The van der Waals surface area contributed by atoms with Crippen LogP contribution in [-0.2, 0) is 14.3 Å². The fraction of sp³-hybridized carbons (Fsp3) is 0.923. The van der Waals surface area contributed by atoms with E-state index in [-0.39, 0.29) is 17.5 Å². The van der Waals surface area contributed by atoms with E-state index in [9.17, 15) is 4.79 Å². The maximum atomic E-state index is 11.7. The summed E-state index contributed by atoms with van der Waals surface area (Å²) in [5.41, 5.74) is 5.77. The Balaban J connectivity index is 1.66. The molecule has 0 spiro atoms. The molecule has 0 amide bonds. The molecule has 1 heterocycles. The minimum Gasteiger partial charge on any atom is -0.463 e. The van der Waals surface area contributed by atoms with Crippen LogP contribution in [0.3, 0.4) is 0 Å². The Morgan fingerprint density at radius 3 is 2.71 bits per heavy atom. The second kappa shape index (κ2) is 5.83. The molecule has 2 N–H and O–H groups in total. The molecule has 17 heavy (non-hydrogen) atoms. The van der Waals surface area contributed by atoms with E-state index in [4.69, 9.17) is 15.2 Å². The average molecular weight is 241 g/mol. The zero-order valence-electron chi connectivity index (χ0n) is 10.5. The highest BCUT2D eigenvalue weighted by molar-refractivity contribution is 5.70. The van der Waals surface area contributed by atoms with E-state index in [0.717, 1.165) is 32.3 Å². The second-order valence-electron chi connectivity index (χ2n) is 5.41. The maximum absolute atomic E-state index is 11.7. The molecule has 4 nitrogen and oxygen atoms in total. The smallest absolute Gasteiger partial charge is 0.306 e. The minimum atomic E-state index is -0.107. The molecule has 2 fully saturated rings. The van der Waals surface area contributed by atoms with Crippen molar-refractivity contribution in [1.29, 1.82) is 0 Å². The molecule has 1 unspecified atom stereocenters. The molecule has 0 aromatic carbocycles. The van der Waals surface area contributed by atoms with Gasteiger partial charge in [0.15, 0.2) is 0 Å². The van der Waals surface area contributed by atoms with Gasteiger partial charge in [-0.05, 0) is 44.1 Å². The molecule has 0 aromatic rings. The fourth-order valence-electron chi connectivity index (χ4n) is 2.61. The highest BCUT2D eigenvalue weighted by Gasteiger charge is 2.38. The van der Waals surface area contributed by atoms with Gasteiger partial charge in [-0.3, -0.25) is 4.79 Å². The van der Waals surface area contributed by atoms with Gasteiger partial charge in [0.05, 0.1) is 12.5 Å². The van der Waals surface area contributed by atoms with Crippen molar-refractivity contribution < 1.29 is 14.3 Å². The summed E-state index contributed by atoms with van der Waals surface area (Å²) < 4.78 is 10.8. The first-order valence-corrected chi connectivity index (χ1v) is 6.71. The molecule has 1 aliphatic carbocycles. The van der Waals surface area contributed by atoms with Gasteiger partial charge in [-0.15, -0.1) is 0 Å². The largest absolute Gasteiger partial charge is 0.463 e. The van der Waals surface area contributed by atoms with Crippen molar-refractivity contribution in [3.63, 3.8) is 0 Å². The molecule has 0 radical (unpaired) electrons. The normalized spacial score (nSPS) is 27.2. The SMILES string of the molecule is NCC1(CC(=O)OCC2CCCCO2)CCC1. The van der Waals surface area contributed by atoms with Crippen molar-refractivity contribution >= 4 is 5.97 Å². The summed E-state index contributed by atoms with van der Waals surface area (Å²) in [5, 5.41) is 0. The maximum Gasteiger partial charge on any atom is 0.306 e. The molecule has 1 aliphatic heterocycles. The van der Waals surface area contributed by atoms with Gasteiger partial charge < -0.3 is 15.2 Å². The van der Waals surface area contributed by atoms with Crippen LogP contribution in [0.1, 0.15) is 44.9 Å². The van der Waals surface area contributed by atoms with E-state index in [1.165, 1.54) is 12.8 Å². The lowest BCUT2D eigenvalue weighted by atomic mass is 9.67. The summed E-state index contributed by atoms with van der Waals surface area (Å²) in [5.74, 6) is -0.107. The van der Waals surface area contributed by atoms with Crippen molar-refractivity contribution in [1.82, 2.24) is 0 Å². The zero-order valence-corrected chi connectivity index (χ0v) is 10.5. The summed E-state index contributed by atoms with van der Waals surface area (Å²) in [6.45, 7) is 1.82. The van der Waals surface area contributed by atoms with Gasteiger partial charge >= 0.3 is 5.97 Å². The number of hydrogen-bond donors (Lipinski definition) is 1. The Bertz CT molecular complexity index is 252. The lowest BCUT2D eigenvalue weighted by molar-refractivity contribution is -0.153. The molecule has 4 heteroatoms. The summed E-state index contributed by atoms with van der Waals surface area (Å²) in [6.07, 6.45) is 7.23. The van der Waals surface area contributed by atoms with Crippen LogP contribution in [0.15, 0.2) is 0 Å². The van der Waals surface area contributed by atoms with Gasteiger partial charge in [0.2, 0.25) is 0 Å². The van der Waals surface area contributed by atoms with Gasteiger partial charge in [0.25, 0.3) is 0 Å². The Kier molecular flexibility index (Phi) is 4.40. The first kappa shape index (κ1) is 12.8. The zero-order chi connectivity index (χ0) is 12.1. The Labute approximate surface area is 103 Å². The van der Waals surface area contributed by atoms with Crippen LogP contribution < -0.4 is 5.73 Å². The molecule has 1 saturated carbocycles. The Morgan fingerprint density at radius 1 is 1.35 bits per heavy atom. The number of rotatable bonds is 5. The van der Waals surface area contributed by atoms with Crippen LogP contribution >= 0.6 is 0 Å². The van der Waals surface area contributed by atoms with Gasteiger partial charge in [-0.2, -0.15) is 0 Å². The van der Waals surface area contributed by atoms with Crippen molar-refractivity contribution in [3.8, 4) is 0 Å². The molecule has 0 bridgehead atoms. The van der Waals surface area contributed by atoms with Crippen LogP contribution in [0.25, 0.3) is 0 Å². The van der Waals surface area contributed by atoms with Gasteiger partial charge in [-0.25, -0.2) is 0 Å². The van der Waals surface area contributed by atoms with E-state index < -0.39 is 0 Å². The molecule has 2 aliphatic rings. The van der Waals surface area contributed by atoms with Gasteiger partial charge in [0.1, 0.15) is 6.61 Å². The number of hydrogen-bond acceptors (Lipinski definition) is 4. The summed E-state index contributed by atoms with van der Waals surface area (Å²) >= 11 is 0. The van der Waals surface area contributed by atoms with E-state index in [1.54, 1.807) is 0 Å². The molecular formula is C13H23NO3. The summed E-state index contributed by atoms with van der Waals surface area (Å²) in [7, 11) is 0. The monoisotopic (exact) mass is 241 g/mol. The number of ether oxygens (including phenoxy) is 2. The van der Waals surface area contributed by atoms with E-state index in [1.807, 2.05) is 0 Å². The average Bonchev–Trinajstić information content (AvgIpc) is 2.33. The third kappa shape index (κ3) is 3.42. The summed E-state index contributed by atoms with van der Waals surface area (Å²) in [4.78, 5) is 11.7. The highest BCUT2D eigenvalue weighted by atomic mass is 16.6. The number of nitrogens with two attached hydrogens (primary N) is 1. The fourth-order valence-corrected chi connectivity index (χ4v) is 2.61. The first-order chi connectivity index (χ1) is 8.24. The third-order valence-electron chi connectivity index (χ3n) is 4.07. The van der Waals surface area contributed by atoms with E-state index in [0.29, 0.717) is 19.6 Å². The highest BCUT2D eigenvalue weighted by Crippen LogP contribution is 2.43. The molecular weight excluding hydrogens is 218 g/mol. The second-order valence-corrected chi connectivity index (χ2v) is 5.41. The third-order valence-corrected chi connectivity index (χ3v) is 4.07. The Morgan fingerprint density at radius 2 is 2.18 bits per heavy atom. The molecule has 1 saturated heterocycles. The molecule has 2 rings (SSSR count). The van der Waals surface area contributed by atoms with Gasteiger partial charge in [0, 0.05) is 6.61 Å². The lowest BCUT2D eigenvalue weighted by Crippen LogP contribution is -2.40. The quantitative estimate of drug-likeness (QED) is 0.743.